The van der Waals surface area contributed by atoms with E-state index in [0.717, 1.165) is 12.8 Å². The maximum atomic E-state index is 12.0. The number of nitrogens with one attached hydrogen (secondary N) is 1. The number of rotatable bonds is 6. The van der Waals surface area contributed by atoms with Crippen molar-refractivity contribution >= 4 is 23.6 Å². The summed E-state index contributed by atoms with van der Waals surface area (Å²) in [6.07, 6.45) is 2.37. The van der Waals surface area contributed by atoms with Crippen LogP contribution in [0, 0.1) is 0 Å². The summed E-state index contributed by atoms with van der Waals surface area (Å²) in [5.74, 6) is -1.36. The van der Waals surface area contributed by atoms with Crippen LogP contribution < -0.4 is 5.32 Å². The summed E-state index contributed by atoms with van der Waals surface area (Å²) in [6, 6.07) is 0.333. The molecule has 1 saturated heterocycles. The maximum Gasteiger partial charge on any atom is 0.331 e. The Bertz CT molecular complexity index is 553. The highest BCUT2D eigenvalue weighted by Crippen LogP contribution is 2.36. The molecule has 1 saturated carbocycles. The Balaban J connectivity index is 1.56. The van der Waals surface area contributed by atoms with Crippen LogP contribution in [0.2, 0.25) is 0 Å². The number of tetrazole rings is 1. The number of hydrogen-bond acceptors (Lipinski definition) is 7. The standard InChI is InChI=1S/C11H15N5O4S/c17-8(12-11(9(18)19)3-4-20-6-11)5-21-10-13-14-15-16(10)7-1-2-7/h7H,1-6H2,(H,12,17)(H,18,19). The number of aromatic nitrogens is 4. The van der Waals surface area contributed by atoms with Gasteiger partial charge in [0.25, 0.3) is 0 Å². The lowest BCUT2D eigenvalue weighted by molar-refractivity contribution is -0.147. The molecule has 1 aliphatic heterocycles. The van der Waals surface area contributed by atoms with Crippen LogP contribution in [0.15, 0.2) is 5.16 Å². The van der Waals surface area contributed by atoms with Crippen LogP contribution in [-0.4, -0.2) is 61.7 Å². The minimum atomic E-state index is -1.31. The van der Waals surface area contributed by atoms with E-state index in [1.54, 1.807) is 4.68 Å². The summed E-state index contributed by atoms with van der Waals surface area (Å²) in [7, 11) is 0. The summed E-state index contributed by atoms with van der Waals surface area (Å²) in [6.45, 7) is 0.332. The molecule has 2 N–H and O–H groups in total. The molecule has 1 unspecified atom stereocenters. The van der Waals surface area contributed by atoms with Gasteiger partial charge in [-0.3, -0.25) is 4.79 Å². The highest BCUT2D eigenvalue weighted by Gasteiger charge is 2.43. The number of carboxylic acid groups (broad SMARTS) is 1. The molecule has 2 heterocycles. The Labute approximate surface area is 124 Å². The van der Waals surface area contributed by atoms with Crippen LogP contribution >= 0.6 is 11.8 Å². The second kappa shape index (κ2) is 5.60. The van der Waals surface area contributed by atoms with Gasteiger partial charge in [0.15, 0.2) is 5.54 Å². The van der Waals surface area contributed by atoms with Gasteiger partial charge in [0, 0.05) is 13.0 Å². The minimum Gasteiger partial charge on any atom is -0.479 e. The summed E-state index contributed by atoms with van der Waals surface area (Å²) < 4.78 is 6.80. The lowest BCUT2D eigenvalue weighted by Gasteiger charge is -2.23. The van der Waals surface area contributed by atoms with Gasteiger partial charge in [0.2, 0.25) is 11.1 Å². The first-order valence-electron chi connectivity index (χ1n) is 6.63. The molecule has 1 aromatic rings. The van der Waals surface area contributed by atoms with Crippen molar-refractivity contribution in [1.29, 1.82) is 0 Å². The first-order chi connectivity index (χ1) is 10.1. The first-order valence-corrected chi connectivity index (χ1v) is 7.62. The van der Waals surface area contributed by atoms with Crippen LogP contribution in [0.3, 0.4) is 0 Å². The first kappa shape index (κ1) is 14.3. The Morgan fingerprint density at radius 2 is 2.33 bits per heavy atom. The largest absolute Gasteiger partial charge is 0.479 e. The van der Waals surface area contributed by atoms with Crippen LogP contribution in [0.5, 0.6) is 0 Å². The van der Waals surface area contributed by atoms with Crippen LogP contribution in [0.25, 0.3) is 0 Å². The summed E-state index contributed by atoms with van der Waals surface area (Å²) in [4.78, 5) is 23.3. The van der Waals surface area contributed by atoms with Crippen molar-refractivity contribution in [2.45, 2.75) is 36.0 Å². The van der Waals surface area contributed by atoms with E-state index in [4.69, 9.17) is 4.74 Å². The van der Waals surface area contributed by atoms with Crippen molar-refractivity contribution < 1.29 is 19.4 Å². The number of carbonyl (C=O) groups is 2. The fourth-order valence-corrected chi connectivity index (χ4v) is 2.89. The van der Waals surface area contributed by atoms with Gasteiger partial charge in [-0.2, -0.15) is 0 Å². The Kier molecular flexibility index (Phi) is 3.81. The van der Waals surface area contributed by atoms with Gasteiger partial charge in [-0.15, -0.1) is 5.10 Å². The molecule has 1 amide bonds. The molecule has 1 aliphatic carbocycles. The molecule has 0 radical (unpaired) electrons. The third-order valence-electron chi connectivity index (χ3n) is 3.50. The summed E-state index contributed by atoms with van der Waals surface area (Å²) >= 11 is 1.20. The molecular weight excluding hydrogens is 298 g/mol. The van der Waals surface area contributed by atoms with E-state index in [-0.39, 0.29) is 24.7 Å². The van der Waals surface area contributed by atoms with Crippen molar-refractivity contribution in [3.63, 3.8) is 0 Å². The Morgan fingerprint density at radius 3 is 2.95 bits per heavy atom. The molecule has 0 aromatic carbocycles. The molecule has 3 rings (SSSR count). The molecular formula is C11H15N5O4S. The van der Waals surface area contributed by atoms with E-state index in [1.165, 1.54) is 11.8 Å². The topological polar surface area (TPSA) is 119 Å². The number of ether oxygens (including phenoxy) is 1. The zero-order valence-electron chi connectivity index (χ0n) is 11.2. The van der Waals surface area contributed by atoms with E-state index in [1.807, 2.05) is 0 Å². The molecule has 10 heteroatoms. The Morgan fingerprint density at radius 1 is 1.52 bits per heavy atom. The van der Waals surface area contributed by atoms with Gasteiger partial charge in [-0.05, 0) is 23.3 Å². The third kappa shape index (κ3) is 3.00. The second-order valence-corrected chi connectivity index (χ2v) is 6.11. The lowest BCUT2D eigenvalue weighted by Crippen LogP contribution is -2.55. The smallest absolute Gasteiger partial charge is 0.331 e. The SMILES string of the molecule is O=C(CSc1nnnn1C1CC1)NC1(C(=O)O)CCOC1. The number of carbonyl (C=O) groups excluding carboxylic acids is 1. The Hall–Kier alpha value is -1.68. The molecule has 1 aromatic heterocycles. The van der Waals surface area contributed by atoms with Gasteiger partial charge >= 0.3 is 5.97 Å². The van der Waals surface area contributed by atoms with E-state index < -0.39 is 11.5 Å². The number of aliphatic carboxylic acids is 1. The van der Waals surface area contributed by atoms with Gasteiger partial charge in [-0.1, -0.05) is 11.8 Å². The van der Waals surface area contributed by atoms with Crippen molar-refractivity contribution in [3.05, 3.63) is 0 Å². The number of carboxylic acids is 1. The average molecular weight is 313 g/mol. The van der Waals surface area contributed by atoms with Crippen molar-refractivity contribution in [3.8, 4) is 0 Å². The average Bonchev–Trinajstić information content (AvgIpc) is 3.00. The van der Waals surface area contributed by atoms with E-state index in [9.17, 15) is 14.7 Å². The minimum absolute atomic E-state index is 0.00144. The number of nitrogens with zero attached hydrogens (tertiary/aromatic N) is 4. The fraction of sp³-hybridized carbons (Fsp3) is 0.727. The molecule has 1 atom stereocenters. The van der Waals surface area contributed by atoms with Gasteiger partial charge < -0.3 is 15.2 Å². The molecule has 2 fully saturated rings. The maximum absolute atomic E-state index is 12.0. The molecule has 9 nitrogen and oxygen atoms in total. The van der Waals surface area contributed by atoms with E-state index in [2.05, 4.69) is 20.8 Å². The van der Waals surface area contributed by atoms with Crippen LogP contribution in [-0.2, 0) is 14.3 Å². The van der Waals surface area contributed by atoms with Crippen molar-refractivity contribution in [1.82, 2.24) is 25.5 Å². The van der Waals surface area contributed by atoms with Gasteiger partial charge in [0.1, 0.15) is 0 Å². The number of thioether (sulfide) groups is 1. The summed E-state index contributed by atoms with van der Waals surface area (Å²) in [5, 5.41) is 23.8. The quantitative estimate of drug-likeness (QED) is 0.672. The van der Waals surface area contributed by atoms with Gasteiger partial charge in [-0.25, -0.2) is 9.48 Å². The second-order valence-electron chi connectivity index (χ2n) is 5.16. The lowest BCUT2D eigenvalue weighted by atomic mass is 9.99. The molecule has 2 aliphatic rings. The zero-order chi connectivity index (χ0) is 14.9. The van der Waals surface area contributed by atoms with Crippen molar-refractivity contribution in [2.24, 2.45) is 0 Å². The number of amides is 1. The highest BCUT2D eigenvalue weighted by atomic mass is 32.2. The molecule has 0 bridgehead atoms. The normalized spacial score (nSPS) is 25.0. The predicted octanol–water partition coefficient (Wildman–Crippen LogP) is -0.540. The predicted molar refractivity (Wildman–Crippen MR) is 70.8 cm³/mol. The fourth-order valence-electron chi connectivity index (χ4n) is 2.15. The van der Waals surface area contributed by atoms with Gasteiger partial charge in [0.05, 0.1) is 18.4 Å². The highest BCUT2D eigenvalue weighted by molar-refractivity contribution is 7.99. The van der Waals surface area contributed by atoms with Crippen LogP contribution in [0.4, 0.5) is 0 Å². The van der Waals surface area contributed by atoms with E-state index >= 15 is 0 Å². The zero-order valence-corrected chi connectivity index (χ0v) is 12.0. The molecule has 21 heavy (non-hydrogen) atoms. The molecule has 0 spiro atoms. The van der Waals surface area contributed by atoms with Crippen molar-refractivity contribution in [2.75, 3.05) is 19.0 Å². The van der Waals surface area contributed by atoms with E-state index in [0.29, 0.717) is 17.8 Å². The summed E-state index contributed by atoms with van der Waals surface area (Å²) in [5.41, 5.74) is -1.31. The number of hydrogen-bond donors (Lipinski definition) is 2. The van der Waals surface area contributed by atoms with Crippen LogP contribution in [0.1, 0.15) is 25.3 Å². The monoisotopic (exact) mass is 313 g/mol. The third-order valence-corrected chi connectivity index (χ3v) is 4.43. The molecule has 114 valence electrons.